The van der Waals surface area contributed by atoms with Crippen molar-refractivity contribution in [2.24, 2.45) is 0 Å². The second-order valence-corrected chi connectivity index (χ2v) is 8.69. The van der Waals surface area contributed by atoms with Gasteiger partial charge in [0.15, 0.2) is 17.1 Å². The quantitative estimate of drug-likeness (QED) is 0.565. The minimum atomic E-state index is -1.39. The van der Waals surface area contributed by atoms with Crippen molar-refractivity contribution in [1.82, 2.24) is 14.8 Å². The molecule has 0 saturated carbocycles. The molecule has 0 spiro atoms. The number of methoxy groups -OCH3 is 1. The van der Waals surface area contributed by atoms with Gasteiger partial charge in [-0.1, -0.05) is 42.5 Å². The molecule has 0 unspecified atom stereocenters. The molecule has 0 bridgehead atoms. The van der Waals surface area contributed by atoms with Crippen molar-refractivity contribution >= 4 is 11.6 Å². The maximum atomic E-state index is 13.9. The number of benzene rings is 2. The second kappa shape index (κ2) is 8.54. The number of pyridine rings is 1. The van der Waals surface area contributed by atoms with Crippen LogP contribution in [-0.4, -0.2) is 59.6 Å². The highest BCUT2D eigenvalue weighted by Gasteiger charge is 2.59. The molecule has 0 N–H and O–H groups in total. The number of hydrogen-bond donors (Lipinski definition) is 0. The van der Waals surface area contributed by atoms with Crippen LogP contribution in [0.5, 0.6) is 5.75 Å². The fourth-order valence-electron chi connectivity index (χ4n) is 5.07. The SMILES string of the molecule is COc1cccc(CN2CCN(C3(c4cccc(C)n4)C(=O)c4ccccc4C3=O)CC2)c1. The predicted molar refractivity (Wildman–Crippen MR) is 126 cm³/mol. The number of ketones is 2. The molecule has 0 atom stereocenters. The van der Waals surface area contributed by atoms with Gasteiger partial charge in [0.25, 0.3) is 0 Å². The first-order chi connectivity index (χ1) is 16.0. The number of fused-ring (bicyclic) bond motifs is 1. The summed E-state index contributed by atoms with van der Waals surface area (Å²) in [4.78, 5) is 36.8. The first-order valence-corrected chi connectivity index (χ1v) is 11.3. The molecule has 6 nitrogen and oxygen atoms in total. The van der Waals surface area contributed by atoms with E-state index in [-0.39, 0.29) is 11.6 Å². The number of carbonyl (C=O) groups excluding carboxylic acids is 2. The third-order valence-corrected chi connectivity index (χ3v) is 6.72. The van der Waals surface area contributed by atoms with Gasteiger partial charge in [0, 0.05) is 49.5 Å². The Morgan fingerprint density at radius 1 is 0.879 bits per heavy atom. The number of piperazine rings is 1. The Bertz CT molecular complexity index is 1180. The Morgan fingerprint density at radius 3 is 2.18 bits per heavy atom. The monoisotopic (exact) mass is 441 g/mol. The first-order valence-electron chi connectivity index (χ1n) is 11.3. The summed E-state index contributed by atoms with van der Waals surface area (Å²) in [5, 5.41) is 0. The number of carbonyl (C=O) groups is 2. The van der Waals surface area contributed by atoms with Gasteiger partial charge in [0.2, 0.25) is 0 Å². The third kappa shape index (κ3) is 3.56. The summed E-state index contributed by atoms with van der Waals surface area (Å²) in [6.45, 7) is 5.39. The lowest BCUT2D eigenvalue weighted by Crippen LogP contribution is -2.60. The van der Waals surface area contributed by atoms with Crippen molar-refractivity contribution in [1.29, 1.82) is 0 Å². The topological polar surface area (TPSA) is 62.7 Å². The van der Waals surface area contributed by atoms with Crippen molar-refractivity contribution in [3.8, 4) is 5.75 Å². The second-order valence-electron chi connectivity index (χ2n) is 8.69. The van der Waals surface area contributed by atoms with Gasteiger partial charge >= 0.3 is 0 Å². The van der Waals surface area contributed by atoms with Gasteiger partial charge in [-0.05, 0) is 36.8 Å². The Hall–Kier alpha value is -3.35. The highest BCUT2D eigenvalue weighted by molar-refractivity contribution is 6.32. The average molecular weight is 442 g/mol. The molecule has 0 amide bonds. The first kappa shape index (κ1) is 21.5. The molecule has 33 heavy (non-hydrogen) atoms. The molecule has 3 aromatic rings. The van der Waals surface area contributed by atoms with Gasteiger partial charge in [-0.3, -0.25) is 24.4 Å². The molecule has 168 valence electrons. The van der Waals surface area contributed by atoms with Crippen LogP contribution < -0.4 is 4.74 Å². The van der Waals surface area contributed by atoms with E-state index in [0.717, 1.165) is 31.1 Å². The van der Waals surface area contributed by atoms with E-state index >= 15 is 0 Å². The van der Waals surface area contributed by atoms with E-state index in [0.29, 0.717) is 29.9 Å². The van der Waals surface area contributed by atoms with Crippen molar-refractivity contribution in [3.63, 3.8) is 0 Å². The summed E-state index contributed by atoms with van der Waals surface area (Å²) in [6, 6.07) is 20.8. The van der Waals surface area contributed by atoms with Crippen LogP contribution in [0, 0.1) is 6.92 Å². The fraction of sp³-hybridized carbons (Fsp3) is 0.296. The van der Waals surface area contributed by atoms with E-state index < -0.39 is 5.54 Å². The van der Waals surface area contributed by atoms with Crippen LogP contribution in [0.2, 0.25) is 0 Å². The Labute approximate surface area is 193 Å². The zero-order chi connectivity index (χ0) is 23.0. The molecule has 1 aromatic heterocycles. The van der Waals surface area contributed by atoms with Crippen LogP contribution in [0.15, 0.2) is 66.7 Å². The van der Waals surface area contributed by atoms with Crippen LogP contribution in [0.25, 0.3) is 0 Å². The predicted octanol–water partition coefficient (Wildman–Crippen LogP) is 3.49. The molecule has 1 fully saturated rings. The lowest BCUT2D eigenvalue weighted by molar-refractivity contribution is 0.0266. The van der Waals surface area contributed by atoms with Crippen molar-refractivity contribution in [2.45, 2.75) is 19.0 Å². The molecule has 2 aliphatic rings. The number of nitrogens with zero attached hydrogens (tertiary/aromatic N) is 3. The largest absolute Gasteiger partial charge is 0.497 e. The maximum Gasteiger partial charge on any atom is 0.198 e. The molecule has 1 aliphatic heterocycles. The normalized spacial score (nSPS) is 18.4. The standard InChI is InChI=1S/C27H27N3O3/c1-19-7-5-12-24(28-19)27(25(31)22-10-3-4-11-23(22)26(27)32)30-15-13-29(14-16-30)18-20-8-6-9-21(17-20)33-2/h3-12,17H,13-16,18H2,1-2H3. The van der Waals surface area contributed by atoms with E-state index in [1.54, 1.807) is 19.2 Å². The number of aromatic nitrogens is 1. The molecular formula is C27H27N3O3. The average Bonchev–Trinajstić information content (AvgIpc) is 3.07. The molecule has 5 rings (SSSR count). The molecule has 0 radical (unpaired) electrons. The Kier molecular flexibility index (Phi) is 5.56. The van der Waals surface area contributed by atoms with Gasteiger partial charge in [-0.15, -0.1) is 0 Å². The fourth-order valence-corrected chi connectivity index (χ4v) is 5.07. The summed E-state index contributed by atoms with van der Waals surface area (Å²) in [6.07, 6.45) is 0. The van der Waals surface area contributed by atoms with E-state index in [1.807, 2.05) is 60.4 Å². The summed E-state index contributed by atoms with van der Waals surface area (Å²) >= 11 is 0. The molecular weight excluding hydrogens is 414 g/mol. The Balaban J connectivity index is 1.45. The van der Waals surface area contributed by atoms with E-state index in [1.165, 1.54) is 5.56 Å². The van der Waals surface area contributed by atoms with Gasteiger partial charge in [-0.2, -0.15) is 0 Å². The van der Waals surface area contributed by atoms with Crippen LogP contribution in [0.4, 0.5) is 0 Å². The van der Waals surface area contributed by atoms with Gasteiger partial charge in [0.1, 0.15) is 5.75 Å². The smallest absolute Gasteiger partial charge is 0.198 e. The molecule has 2 heterocycles. The zero-order valence-electron chi connectivity index (χ0n) is 19.0. The minimum absolute atomic E-state index is 0.164. The molecule has 1 aliphatic carbocycles. The maximum absolute atomic E-state index is 13.9. The van der Waals surface area contributed by atoms with Crippen LogP contribution in [-0.2, 0) is 12.1 Å². The van der Waals surface area contributed by atoms with E-state index in [2.05, 4.69) is 16.0 Å². The zero-order valence-corrected chi connectivity index (χ0v) is 19.0. The van der Waals surface area contributed by atoms with Crippen molar-refractivity contribution in [3.05, 3.63) is 94.8 Å². The van der Waals surface area contributed by atoms with Crippen LogP contribution >= 0.6 is 0 Å². The summed E-state index contributed by atoms with van der Waals surface area (Å²) < 4.78 is 5.35. The highest BCUT2D eigenvalue weighted by atomic mass is 16.5. The number of Topliss-reactive ketones (excluding diaryl/α,β-unsaturated/α-hetero) is 2. The third-order valence-electron chi connectivity index (χ3n) is 6.72. The number of ether oxygens (including phenoxy) is 1. The number of aryl methyl sites for hydroxylation is 1. The Morgan fingerprint density at radius 2 is 1.55 bits per heavy atom. The molecule has 6 heteroatoms. The van der Waals surface area contributed by atoms with Gasteiger partial charge in [0.05, 0.1) is 12.8 Å². The van der Waals surface area contributed by atoms with Gasteiger partial charge in [-0.25, -0.2) is 0 Å². The minimum Gasteiger partial charge on any atom is -0.497 e. The van der Waals surface area contributed by atoms with E-state index in [9.17, 15) is 9.59 Å². The van der Waals surface area contributed by atoms with Crippen molar-refractivity contribution < 1.29 is 14.3 Å². The van der Waals surface area contributed by atoms with Crippen molar-refractivity contribution in [2.75, 3.05) is 33.3 Å². The van der Waals surface area contributed by atoms with E-state index in [4.69, 9.17) is 4.74 Å². The lowest BCUT2D eigenvalue weighted by atomic mass is 9.85. The number of rotatable bonds is 5. The lowest BCUT2D eigenvalue weighted by Gasteiger charge is -2.43. The summed E-state index contributed by atoms with van der Waals surface area (Å²) in [5.74, 6) is 0.514. The molecule has 2 aromatic carbocycles. The number of hydrogen-bond acceptors (Lipinski definition) is 6. The molecule has 1 saturated heterocycles. The van der Waals surface area contributed by atoms with Gasteiger partial charge < -0.3 is 4.74 Å². The summed E-state index contributed by atoms with van der Waals surface area (Å²) in [5.41, 5.74) is 2.08. The summed E-state index contributed by atoms with van der Waals surface area (Å²) in [7, 11) is 1.67. The van der Waals surface area contributed by atoms with Crippen LogP contribution in [0.3, 0.4) is 0 Å². The highest BCUT2D eigenvalue weighted by Crippen LogP contribution is 2.42. The van der Waals surface area contributed by atoms with Crippen LogP contribution in [0.1, 0.15) is 37.7 Å².